The number of carbonyl (C=O) groups is 1. The zero-order valence-corrected chi connectivity index (χ0v) is 11.0. The number of benzene rings is 1. The standard InChI is InChI=1S/C12H10ClNO3S/c1-17-9-4-6(2-3-7(9)13)11-10(12(15)16)8(14)5-18-11/h2-5H,14H2,1H3,(H,15,16). The fourth-order valence-electron chi connectivity index (χ4n) is 1.61. The molecule has 0 radical (unpaired) electrons. The van der Waals surface area contributed by atoms with Crippen molar-refractivity contribution in [1.82, 2.24) is 0 Å². The summed E-state index contributed by atoms with van der Waals surface area (Å²) in [6.07, 6.45) is 0. The molecular weight excluding hydrogens is 274 g/mol. The molecular formula is C12H10ClNO3S. The Morgan fingerprint density at radius 3 is 2.83 bits per heavy atom. The van der Waals surface area contributed by atoms with E-state index in [0.717, 1.165) is 5.56 Å². The molecule has 94 valence electrons. The van der Waals surface area contributed by atoms with Crippen LogP contribution < -0.4 is 10.5 Å². The molecule has 0 bridgehead atoms. The van der Waals surface area contributed by atoms with Crippen LogP contribution in [0.2, 0.25) is 5.02 Å². The molecule has 0 amide bonds. The minimum absolute atomic E-state index is 0.115. The van der Waals surface area contributed by atoms with Crippen LogP contribution in [0.3, 0.4) is 0 Å². The largest absolute Gasteiger partial charge is 0.495 e. The van der Waals surface area contributed by atoms with Crippen molar-refractivity contribution in [3.05, 3.63) is 34.2 Å². The molecule has 2 rings (SSSR count). The summed E-state index contributed by atoms with van der Waals surface area (Å²) in [5.41, 5.74) is 6.75. The van der Waals surface area contributed by atoms with Gasteiger partial charge >= 0.3 is 5.97 Å². The molecule has 0 atom stereocenters. The first kappa shape index (κ1) is 12.7. The van der Waals surface area contributed by atoms with Crippen molar-refractivity contribution < 1.29 is 14.6 Å². The Morgan fingerprint density at radius 2 is 2.22 bits per heavy atom. The van der Waals surface area contributed by atoms with Gasteiger partial charge in [-0.15, -0.1) is 11.3 Å². The Morgan fingerprint density at radius 1 is 1.50 bits per heavy atom. The molecule has 0 aliphatic rings. The highest BCUT2D eigenvalue weighted by molar-refractivity contribution is 7.14. The average Bonchev–Trinajstić information content (AvgIpc) is 2.72. The summed E-state index contributed by atoms with van der Waals surface area (Å²) in [5.74, 6) is -0.546. The Bertz CT molecular complexity index is 609. The van der Waals surface area contributed by atoms with Gasteiger partial charge in [0, 0.05) is 5.38 Å². The second kappa shape index (κ2) is 4.88. The maximum absolute atomic E-state index is 11.2. The predicted octanol–water partition coefficient (Wildman–Crippen LogP) is 3.36. The quantitative estimate of drug-likeness (QED) is 0.906. The zero-order valence-electron chi connectivity index (χ0n) is 9.44. The molecule has 0 saturated heterocycles. The molecule has 1 aromatic heterocycles. The zero-order chi connectivity index (χ0) is 13.3. The fourth-order valence-corrected chi connectivity index (χ4v) is 2.75. The Balaban J connectivity index is 2.59. The average molecular weight is 284 g/mol. The number of carboxylic acid groups (broad SMARTS) is 1. The minimum atomic E-state index is -1.04. The van der Waals surface area contributed by atoms with Crippen LogP contribution in [0.1, 0.15) is 10.4 Å². The van der Waals surface area contributed by atoms with Crippen molar-refractivity contribution >= 4 is 34.6 Å². The van der Waals surface area contributed by atoms with Gasteiger partial charge in [-0.25, -0.2) is 4.79 Å². The number of nitrogens with two attached hydrogens (primary N) is 1. The maximum Gasteiger partial charge on any atom is 0.339 e. The van der Waals surface area contributed by atoms with Crippen molar-refractivity contribution in [2.24, 2.45) is 0 Å². The number of nitrogen functional groups attached to an aromatic ring is 1. The molecule has 1 aromatic carbocycles. The molecule has 4 nitrogen and oxygen atoms in total. The highest BCUT2D eigenvalue weighted by Crippen LogP contribution is 2.37. The highest BCUT2D eigenvalue weighted by atomic mass is 35.5. The van der Waals surface area contributed by atoms with Gasteiger partial charge in [0.15, 0.2) is 0 Å². The van der Waals surface area contributed by atoms with E-state index in [1.807, 2.05) is 0 Å². The van der Waals surface area contributed by atoms with Gasteiger partial charge in [0.2, 0.25) is 0 Å². The molecule has 0 aliphatic carbocycles. The smallest absolute Gasteiger partial charge is 0.339 e. The van der Waals surface area contributed by atoms with Crippen molar-refractivity contribution in [2.75, 3.05) is 12.8 Å². The summed E-state index contributed by atoms with van der Waals surface area (Å²) in [5, 5.41) is 11.2. The van der Waals surface area contributed by atoms with Crippen molar-refractivity contribution in [2.45, 2.75) is 0 Å². The van der Waals surface area contributed by atoms with Crippen LogP contribution in [0.15, 0.2) is 23.6 Å². The van der Waals surface area contributed by atoms with Crippen LogP contribution in [-0.2, 0) is 0 Å². The molecule has 0 unspecified atom stereocenters. The third-order valence-electron chi connectivity index (χ3n) is 2.45. The van der Waals surface area contributed by atoms with Crippen LogP contribution >= 0.6 is 22.9 Å². The Hall–Kier alpha value is -1.72. The van der Waals surface area contributed by atoms with Crippen LogP contribution in [0.25, 0.3) is 10.4 Å². The second-order valence-electron chi connectivity index (χ2n) is 3.55. The van der Waals surface area contributed by atoms with Gasteiger partial charge in [0.05, 0.1) is 22.7 Å². The maximum atomic E-state index is 11.2. The number of aromatic carboxylic acids is 1. The molecule has 6 heteroatoms. The Kier molecular flexibility index (Phi) is 3.45. The molecule has 0 spiro atoms. The van der Waals surface area contributed by atoms with E-state index in [1.54, 1.807) is 23.6 Å². The summed E-state index contributed by atoms with van der Waals surface area (Å²) < 4.78 is 5.11. The van der Waals surface area contributed by atoms with E-state index < -0.39 is 5.97 Å². The van der Waals surface area contributed by atoms with Crippen LogP contribution in [-0.4, -0.2) is 18.2 Å². The number of hydrogen-bond acceptors (Lipinski definition) is 4. The monoisotopic (exact) mass is 283 g/mol. The molecule has 0 saturated carbocycles. The van der Waals surface area contributed by atoms with Crippen LogP contribution in [0.4, 0.5) is 5.69 Å². The van der Waals surface area contributed by atoms with Crippen molar-refractivity contribution in [1.29, 1.82) is 0 Å². The topological polar surface area (TPSA) is 72.5 Å². The molecule has 0 aliphatic heterocycles. The number of thiophene rings is 1. The van der Waals surface area contributed by atoms with Gasteiger partial charge < -0.3 is 15.6 Å². The van der Waals surface area contributed by atoms with E-state index in [1.165, 1.54) is 18.4 Å². The first-order chi connectivity index (χ1) is 8.54. The van der Waals surface area contributed by atoms with E-state index in [-0.39, 0.29) is 11.3 Å². The number of rotatable bonds is 3. The minimum Gasteiger partial charge on any atom is -0.495 e. The van der Waals surface area contributed by atoms with E-state index in [9.17, 15) is 4.79 Å². The van der Waals surface area contributed by atoms with E-state index in [0.29, 0.717) is 15.6 Å². The number of halogens is 1. The SMILES string of the molecule is COc1cc(-c2scc(N)c2C(=O)O)ccc1Cl. The lowest BCUT2D eigenvalue weighted by atomic mass is 10.1. The number of methoxy groups -OCH3 is 1. The van der Waals surface area contributed by atoms with Crippen LogP contribution in [0.5, 0.6) is 5.75 Å². The van der Waals surface area contributed by atoms with Crippen LogP contribution in [0, 0.1) is 0 Å². The summed E-state index contributed by atoms with van der Waals surface area (Å²) in [7, 11) is 1.51. The molecule has 18 heavy (non-hydrogen) atoms. The van der Waals surface area contributed by atoms with Gasteiger partial charge in [-0.1, -0.05) is 17.7 Å². The summed E-state index contributed by atoms with van der Waals surface area (Å²) in [4.78, 5) is 11.8. The number of anilines is 1. The predicted molar refractivity (Wildman–Crippen MR) is 72.7 cm³/mol. The van der Waals surface area contributed by atoms with Crippen molar-refractivity contribution in [3.63, 3.8) is 0 Å². The summed E-state index contributed by atoms with van der Waals surface area (Å²) in [6.45, 7) is 0. The van der Waals surface area contributed by atoms with E-state index >= 15 is 0 Å². The van der Waals surface area contributed by atoms with Gasteiger partial charge in [-0.3, -0.25) is 0 Å². The van der Waals surface area contributed by atoms with Gasteiger partial charge in [-0.05, 0) is 17.7 Å². The Labute approximate surface area is 113 Å². The number of hydrogen-bond donors (Lipinski definition) is 2. The lowest BCUT2D eigenvalue weighted by Crippen LogP contribution is -2.00. The third-order valence-corrected chi connectivity index (χ3v) is 3.81. The number of carboxylic acids is 1. The van der Waals surface area contributed by atoms with Gasteiger partial charge in [0.25, 0.3) is 0 Å². The van der Waals surface area contributed by atoms with Gasteiger partial charge in [0.1, 0.15) is 11.3 Å². The first-order valence-electron chi connectivity index (χ1n) is 4.98. The molecule has 3 N–H and O–H groups in total. The second-order valence-corrected chi connectivity index (χ2v) is 4.84. The lowest BCUT2D eigenvalue weighted by molar-refractivity contribution is 0.0699. The third kappa shape index (κ3) is 2.14. The van der Waals surface area contributed by atoms with Crippen molar-refractivity contribution in [3.8, 4) is 16.2 Å². The highest BCUT2D eigenvalue weighted by Gasteiger charge is 2.18. The molecule has 0 fully saturated rings. The van der Waals surface area contributed by atoms with E-state index in [2.05, 4.69) is 0 Å². The lowest BCUT2D eigenvalue weighted by Gasteiger charge is -2.06. The normalized spacial score (nSPS) is 10.3. The number of ether oxygens (including phenoxy) is 1. The van der Waals surface area contributed by atoms with Gasteiger partial charge in [-0.2, -0.15) is 0 Å². The molecule has 2 aromatic rings. The molecule has 1 heterocycles. The fraction of sp³-hybridized carbons (Fsp3) is 0.0833. The first-order valence-corrected chi connectivity index (χ1v) is 6.24. The summed E-state index contributed by atoms with van der Waals surface area (Å²) in [6, 6.07) is 5.10. The van der Waals surface area contributed by atoms with E-state index in [4.69, 9.17) is 27.2 Å². The summed E-state index contributed by atoms with van der Waals surface area (Å²) >= 11 is 7.21.